The molecule has 2 unspecified atom stereocenters. The van der Waals surface area contributed by atoms with Crippen LogP contribution < -0.4 is 5.73 Å². The Hall–Kier alpha value is -0.0500. The Morgan fingerprint density at radius 3 is 2.67 bits per heavy atom. The van der Waals surface area contributed by atoms with Crippen molar-refractivity contribution in [2.45, 2.75) is 19.1 Å². The van der Waals surface area contributed by atoms with Gasteiger partial charge in [-0.3, -0.25) is 0 Å². The van der Waals surface area contributed by atoms with Crippen molar-refractivity contribution in [3.8, 4) is 0 Å². The van der Waals surface area contributed by atoms with Crippen LogP contribution in [0.5, 0.6) is 0 Å². The van der Waals surface area contributed by atoms with Gasteiger partial charge >= 0.3 is 8.03 Å². The van der Waals surface area contributed by atoms with Gasteiger partial charge < -0.3 is 5.73 Å². The number of rotatable bonds is 4. The number of hydrogen-bond donors (Lipinski definition) is 2. The number of alkyl halides is 1. The van der Waals surface area contributed by atoms with E-state index in [2.05, 4.69) is 0 Å². The SMILES string of the molecule is NC(F)CCC[P+](=O)O. The van der Waals surface area contributed by atoms with Crippen molar-refractivity contribution in [2.75, 3.05) is 6.16 Å². The number of nitrogens with two attached hydrogens (primary N) is 1. The van der Waals surface area contributed by atoms with Crippen molar-refractivity contribution < 1.29 is 13.8 Å². The normalized spacial score (nSPS) is 15.2. The molecule has 0 saturated heterocycles. The molecule has 0 rings (SSSR count). The van der Waals surface area contributed by atoms with Gasteiger partial charge in [-0.05, 0) is 17.4 Å². The standard InChI is InChI=1S/C4H9FNO2P/c5-4(6)2-1-3-9(7)8/h4H,1-3,6H2/p+1. The maximum Gasteiger partial charge on any atom is 0.505 e. The minimum absolute atomic E-state index is 0.146. The maximum atomic E-state index is 11.8. The maximum absolute atomic E-state index is 11.8. The zero-order valence-corrected chi connectivity index (χ0v) is 5.85. The Morgan fingerprint density at radius 1 is 1.78 bits per heavy atom. The third kappa shape index (κ3) is 7.95. The molecule has 0 aromatic carbocycles. The Bertz CT molecular complexity index is 98.6. The molecule has 0 amide bonds. The van der Waals surface area contributed by atoms with E-state index in [1.54, 1.807) is 0 Å². The van der Waals surface area contributed by atoms with E-state index < -0.39 is 14.3 Å². The lowest BCUT2D eigenvalue weighted by Crippen LogP contribution is -2.12. The van der Waals surface area contributed by atoms with E-state index in [0.717, 1.165) is 0 Å². The van der Waals surface area contributed by atoms with E-state index in [1.165, 1.54) is 0 Å². The summed E-state index contributed by atoms with van der Waals surface area (Å²) in [7, 11) is -2.10. The highest BCUT2D eigenvalue weighted by Gasteiger charge is 2.09. The van der Waals surface area contributed by atoms with Gasteiger partial charge in [0.15, 0.2) is 6.16 Å². The fourth-order valence-electron chi connectivity index (χ4n) is 0.422. The van der Waals surface area contributed by atoms with Crippen molar-refractivity contribution in [3.63, 3.8) is 0 Å². The van der Waals surface area contributed by atoms with E-state index in [9.17, 15) is 8.96 Å². The van der Waals surface area contributed by atoms with E-state index in [-0.39, 0.29) is 12.6 Å². The van der Waals surface area contributed by atoms with Crippen LogP contribution in [0.1, 0.15) is 12.8 Å². The summed E-state index contributed by atoms with van der Waals surface area (Å²) in [6.45, 7) is 0. The molecule has 0 aromatic heterocycles. The molecule has 0 radical (unpaired) electrons. The van der Waals surface area contributed by atoms with Crippen LogP contribution >= 0.6 is 8.03 Å². The topological polar surface area (TPSA) is 63.3 Å². The third-order valence-corrected chi connectivity index (χ3v) is 1.53. The molecule has 0 heterocycles. The Morgan fingerprint density at radius 2 is 2.33 bits per heavy atom. The number of halogens is 1. The Kier molecular flexibility index (Phi) is 4.77. The van der Waals surface area contributed by atoms with Crippen molar-refractivity contribution in [3.05, 3.63) is 0 Å². The van der Waals surface area contributed by atoms with Gasteiger partial charge in [-0.1, -0.05) is 0 Å². The van der Waals surface area contributed by atoms with Crippen LogP contribution in [-0.2, 0) is 4.57 Å². The molecule has 0 aliphatic rings. The van der Waals surface area contributed by atoms with Crippen LogP contribution in [0.15, 0.2) is 0 Å². The average Bonchev–Trinajstić information content (AvgIpc) is 1.63. The quantitative estimate of drug-likeness (QED) is 0.464. The fraction of sp³-hybridized carbons (Fsp3) is 1.00. The lowest BCUT2D eigenvalue weighted by atomic mass is 10.3. The van der Waals surface area contributed by atoms with Crippen molar-refractivity contribution in [1.29, 1.82) is 0 Å². The first-order valence-electron chi connectivity index (χ1n) is 2.66. The molecule has 0 aliphatic carbocycles. The second-order valence-corrected chi connectivity index (χ2v) is 2.89. The first-order chi connectivity index (χ1) is 4.13. The van der Waals surface area contributed by atoms with Gasteiger partial charge in [-0.25, -0.2) is 4.39 Å². The van der Waals surface area contributed by atoms with Crippen LogP contribution in [0.2, 0.25) is 0 Å². The molecule has 0 aliphatic heterocycles. The largest absolute Gasteiger partial charge is 0.505 e. The Balaban J connectivity index is 3.01. The minimum atomic E-state index is -2.10. The van der Waals surface area contributed by atoms with Crippen LogP contribution in [0.3, 0.4) is 0 Å². The summed E-state index contributed by atoms with van der Waals surface area (Å²) in [6, 6.07) is 0. The van der Waals surface area contributed by atoms with Crippen LogP contribution in [-0.4, -0.2) is 17.4 Å². The number of hydrogen-bond acceptors (Lipinski definition) is 2. The van der Waals surface area contributed by atoms with Gasteiger partial charge in [0.2, 0.25) is 0 Å². The molecule has 0 saturated carbocycles. The molecule has 0 fully saturated rings. The molecule has 0 spiro atoms. The third-order valence-electron chi connectivity index (χ3n) is 0.829. The van der Waals surface area contributed by atoms with Crippen molar-refractivity contribution >= 4 is 8.03 Å². The summed E-state index contributed by atoms with van der Waals surface area (Å²) < 4.78 is 21.7. The van der Waals surface area contributed by atoms with Crippen molar-refractivity contribution in [2.24, 2.45) is 5.73 Å². The van der Waals surface area contributed by atoms with E-state index in [4.69, 9.17) is 10.6 Å². The zero-order chi connectivity index (χ0) is 7.28. The molecule has 3 N–H and O–H groups in total. The smallest absolute Gasteiger partial charge is 0.302 e. The predicted molar refractivity (Wildman–Crippen MR) is 33.0 cm³/mol. The fourth-order valence-corrected chi connectivity index (χ4v) is 0.875. The van der Waals surface area contributed by atoms with Gasteiger partial charge in [-0.15, -0.1) is 0 Å². The molecule has 54 valence electrons. The van der Waals surface area contributed by atoms with E-state index in [1.807, 2.05) is 0 Å². The average molecular weight is 154 g/mol. The second kappa shape index (κ2) is 4.79. The highest BCUT2D eigenvalue weighted by molar-refractivity contribution is 7.37. The second-order valence-electron chi connectivity index (χ2n) is 1.73. The summed E-state index contributed by atoms with van der Waals surface area (Å²) in [5.41, 5.74) is 4.74. The summed E-state index contributed by atoms with van der Waals surface area (Å²) >= 11 is 0. The van der Waals surface area contributed by atoms with Gasteiger partial charge in [0, 0.05) is 0 Å². The van der Waals surface area contributed by atoms with Gasteiger partial charge in [0.1, 0.15) is 6.30 Å². The monoisotopic (exact) mass is 154 g/mol. The molecule has 5 heteroatoms. The lowest BCUT2D eigenvalue weighted by molar-refractivity contribution is 0.322. The molecule has 3 nitrogen and oxygen atoms in total. The van der Waals surface area contributed by atoms with Crippen LogP contribution in [0, 0.1) is 0 Å². The lowest BCUT2D eigenvalue weighted by Gasteiger charge is -1.93. The Labute approximate surface area is 53.9 Å². The highest BCUT2D eigenvalue weighted by atomic mass is 31.1. The van der Waals surface area contributed by atoms with Crippen LogP contribution in [0.25, 0.3) is 0 Å². The molecule has 9 heavy (non-hydrogen) atoms. The first-order valence-corrected chi connectivity index (χ1v) is 4.06. The first kappa shape index (κ1) is 8.95. The predicted octanol–water partition coefficient (Wildman–Crippen LogP) is 0.756. The van der Waals surface area contributed by atoms with Gasteiger partial charge in [0.05, 0.1) is 0 Å². The van der Waals surface area contributed by atoms with E-state index in [0.29, 0.717) is 6.42 Å². The molecule has 2 atom stereocenters. The summed E-state index contributed by atoms with van der Waals surface area (Å²) in [6.07, 6.45) is -0.655. The van der Waals surface area contributed by atoms with Gasteiger partial charge in [0.25, 0.3) is 0 Å². The van der Waals surface area contributed by atoms with Crippen molar-refractivity contribution in [1.82, 2.24) is 0 Å². The van der Waals surface area contributed by atoms with Gasteiger partial charge in [-0.2, -0.15) is 4.89 Å². The molecular formula is C4H10FNO2P+. The summed E-state index contributed by atoms with van der Waals surface area (Å²) in [5.74, 6) is 0. The summed E-state index contributed by atoms with van der Waals surface area (Å²) in [4.78, 5) is 8.21. The minimum Gasteiger partial charge on any atom is -0.302 e. The molecule has 0 aromatic rings. The zero-order valence-electron chi connectivity index (χ0n) is 4.96. The molecule has 0 bridgehead atoms. The summed E-state index contributed by atoms with van der Waals surface area (Å²) in [5, 5.41) is 0. The van der Waals surface area contributed by atoms with Crippen LogP contribution in [0.4, 0.5) is 4.39 Å². The molecular weight excluding hydrogens is 144 g/mol. The van der Waals surface area contributed by atoms with E-state index >= 15 is 0 Å². The highest BCUT2D eigenvalue weighted by Crippen LogP contribution is 2.15.